The minimum absolute atomic E-state index is 0.368. The molecule has 0 saturated carbocycles. The minimum atomic E-state index is -0.491. The zero-order valence-corrected chi connectivity index (χ0v) is 12.8. The average Bonchev–Trinajstić information content (AvgIpc) is 2.87. The van der Waals surface area contributed by atoms with Crippen LogP contribution in [0.25, 0.3) is 0 Å². The van der Waals surface area contributed by atoms with Crippen LogP contribution in [0.2, 0.25) is 5.02 Å². The predicted octanol–water partition coefficient (Wildman–Crippen LogP) is 2.41. The normalized spacial score (nSPS) is 18.5. The van der Waals surface area contributed by atoms with Gasteiger partial charge >= 0.3 is 0 Å². The summed E-state index contributed by atoms with van der Waals surface area (Å²) in [6.07, 6.45) is 2.44. The molecule has 1 aliphatic heterocycles. The van der Waals surface area contributed by atoms with Crippen molar-refractivity contribution >= 4 is 23.2 Å². The van der Waals surface area contributed by atoms with E-state index in [1.807, 2.05) is 12.1 Å². The van der Waals surface area contributed by atoms with Crippen LogP contribution in [-0.4, -0.2) is 31.1 Å². The van der Waals surface area contributed by atoms with Gasteiger partial charge in [0, 0.05) is 24.3 Å². The maximum absolute atomic E-state index is 11.2. The van der Waals surface area contributed by atoms with Crippen LogP contribution in [0.3, 0.4) is 0 Å². The van der Waals surface area contributed by atoms with Gasteiger partial charge in [0.15, 0.2) is 0 Å². The van der Waals surface area contributed by atoms with Crippen LogP contribution in [0.15, 0.2) is 18.2 Å². The van der Waals surface area contributed by atoms with E-state index >= 15 is 0 Å². The van der Waals surface area contributed by atoms with Crippen LogP contribution in [0, 0.1) is 0 Å². The van der Waals surface area contributed by atoms with Crippen LogP contribution in [0.1, 0.15) is 37.0 Å². The van der Waals surface area contributed by atoms with E-state index in [0.29, 0.717) is 22.7 Å². The highest BCUT2D eigenvalue weighted by atomic mass is 35.5. The molecular weight excluding hydrogens is 274 g/mol. The molecule has 0 bridgehead atoms. The van der Waals surface area contributed by atoms with Gasteiger partial charge in [0.2, 0.25) is 5.91 Å². The lowest BCUT2D eigenvalue weighted by molar-refractivity contribution is 0.100. The average molecular weight is 296 g/mol. The minimum Gasteiger partial charge on any atom is -0.368 e. The van der Waals surface area contributed by atoms with Gasteiger partial charge in [-0.1, -0.05) is 11.6 Å². The van der Waals surface area contributed by atoms with Gasteiger partial charge < -0.3 is 16.0 Å². The van der Waals surface area contributed by atoms with Crippen LogP contribution in [0.4, 0.5) is 5.69 Å². The summed E-state index contributed by atoms with van der Waals surface area (Å²) in [6.45, 7) is 6.36. The van der Waals surface area contributed by atoms with E-state index in [4.69, 9.17) is 17.3 Å². The Labute approximate surface area is 125 Å². The van der Waals surface area contributed by atoms with Gasteiger partial charge in [-0.15, -0.1) is 0 Å². The maximum Gasteiger partial charge on any atom is 0.250 e. The number of halogens is 1. The molecule has 0 aliphatic carbocycles. The molecule has 1 fully saturated rings. The number of hydrogen-bond donors (Lipinski definition) is 2. The molecule has 1 aromatic carbocycles. The third-order valence-electron chi connectivity index (χ3n) is 3.75. The topological polar surface area (TPSA) is 58.4 Å². The fourth-order valence-corrected chi connectivity index (χ4v) is 2.91. The second-order valence-corrected chi connectivity index (χ2v) is 5.97. The monoisotopic (exact) mass is 295 g/mol. The van der Waals surface area contributed by atoms with E-state index < -0.39 is 5.91 Å². The lowest BCUT2D eigenvalue weighted by Gasteiger charge is -2.32. The summed E-state index contributed by atoms with van der Waals surface area (Å²) >= 11 is 6.15. The summed E-state index contributed by atoms with van der Waals surface area (Å²) in [4.78, 5) is 13.5. The molecule has 0 aromatic heterocycles. The van der Waals surface area contributed by atoms with E-state index in [9.17, 15) is 4.79 Å². The van der Waals surface area contributed by atoms with E-state index in [1.165, 1.54) is 12.8 Å². The van der Waals surface area contributed by atoms with Crippen LogP contribution in [-0.2, 0) is 0 Å². The van der Waals surface area contributed by atoms with Crippen molar-refractivity contribution in [2.75, 3.05) is 18.0 Å². The van der Waals surface area contributed by atoms with Crippen molar-refractivity contribution in [1.29, 1.82) is 0 Å². The number of carbonyl (C=O) groups excluding carboxylic acids is 1. The Bertz CT molecular complexity index is 484. The summed E-state index contributed by atoms with van der Waals surface area (Å²) in [6, 6.07) is 6.34. The predicted molar refractivity (Wildman–Crippen MR) is 83.5 cm³/mol. The van der Waals surface area contributed by atoms with E-state index in [-0.39, 0.29) is 0 Å². The summed E-state index contributed by atoms with van der Waals surface area (Å²) in [5.74, 6) is -0.491. The molecule has 4 nitrogen and oxygen atoms in total. The molecule has 3 N–H and O–H groups in total. The van der Waals surface area contributed by atoms with E-state index in [0.717, 1.165) is 18.8 Å². The Morgan fingerprint density at radius 1 is 1.55 bits per heavy atom. The molecule has 20 heavy (non-hydrogen) atoms. The smallest absolute Gasteiger partial charge is 0.250 e. The molecule has 0 radical (unpaired) electrons. The number of carbonyl (C=O) groups is 1. The van der Waals surface area contributed by atoms with Gasteiger partial charge in [0.1, 0.15) is 0 Å². The number of nitrogens with zero attached hydrogens (tertiary/aromatic N) is 1. The van der Waals surface area contributed by atoms with E-state index in [1.54, 1.807) is 6.07 Å². The lowest BCUT2D eigenvalue weighted by atomic mass is 10.1. The Morgan fingerprint density at radius 2 is 2.30 bits per heavy atom. The fourth-order valence-electron chi connectivity index (χ4n) is 2.65. The number of nitrogens with two attached hydrogens (primary N) is 1. The molecule has 1 heterocycles. The van der Waals surface area contributed by atoms with Gasteiger partial charge in [-0.3, -0.25) is 4.79 Å². The number of rotatable bonds is 5. The SMILES string of the molecule is CC(C)N(CC1CCCN1)c1ccc(C(N)=O)c(Cl)c1. The van der Waals surface area contributed by atoms with Gasteiger partial charge in [0.25, 0.3) is 0 Å². The molecule has 1 unspecified atom stereocenters. The molecule has 1 amide bonds. The molecule has 1 aromatic rings. The molecule has 1 saturated heterocycles. The number of nitrogens with one attached hydrogen (secondary N) is 1. The Kier molecular flexibility index (Phi) is 4.89. The third-order valence-corrected chi connectivity index (χ3v) is 4.07. The molecule has 110 valence electrons. The molecular formula is C15H22ClN3O. The summed E-state index contributed by atoms with van der Waals surface area (Å²) in [5, 5.41) is 3.92. The Hall–Kier alpha value is -1.26. The highest BCUT2D eigenvalue weighted by Gasteiger charge is 2.20. The molecule has 1 atom stereocenters. The standard InChI is InChI=1S/C15H22ClN3O/c1-10(2)19(9-11-4-3-7-18-11)12-5-6-13(15(17)20)14(16)8-12/h5-6,8,10-11,18H,3-4,7,9H2,1-2H3,(H2,17,20). The van der Waals surface area contributed by atoms with Crippen molar-refractivity contribution in [2.24, 2.45) is 5.73 Å². The first kappa shape index (κ1) is 15.1. The highest BCUT2D eigenvalue weighted by molar-refractivity contribution is 6.34. The molecule has 2 rings (SSSR count). The second-order valence-electron chi connectivity index (χ2n) is 5.57. The summed E-state index contributed by atoms with van der Waals surface area (Å²) in [7, 11) is 0. The third kappa shape index (κ3) is 3.44. The van der Waals surface area contributed by atoms with Crippen LogP contribution in [0.5, 0.6) is 0 Å². The lowest BCUT2D eigenvalue weighted by Crippen LogP contribution is -2.41. The fraction of sp³-hybridized carbons (Fsp3) is 0.533. The van der Waals surface area contributed by atoms with Gasteiger partial charge in [0.05, 0.1) is 10.6 Å². The molecule has 5 heteroatoms. The van der Waals surface area contributed by atoms with E-state index in [2.05, 4.69) is 24.1 Å². The quantitative estimate of drug-likeness (QED) is 0.877. The number of anilines is 1. The first-order valence-corrected chi connectivity index (χ1v) is 7.46. The largest absolute Gasteiger partial charge is 0.368 e. The molecule has 0 spiro atoms. The second kappa shape index (κ2) is 6.46. The first-order chi connectivity index (χ1) is 9.49. The van der Waals surface area contributed by atoms with Crippen molar-refractivity contribution in [1.82, 2.24) is 5.32 Å². The van der Waals surface area contributed by atoms with Gasteiger partial charge in [-0.25, -0.2) is 0 Å². The number of primary amides is 1. The number of benzene rings is 1. The first-order valence-electron chi connectivity index (χ1n) is 7.08. The van der Waals surface area contributed by atoms with Crippen molar-refractivity contribution in [3.8, 4) is 0 Å². The summed E-state index contributed by atoms with van der Waals surface area (Å²) in [5.41, 5.74) is 6.69. The van der Waals surface area contributed by atoms with Crippen LogP contribution >= 0.6 is 11.6 Å². The Morgan fingerprint density at radius 3 is 2.80 bits per heavy atom. The molecule has 1 aliphatic rings. The Balaban J connectivity index is 2.20. The highest BCUT2D eigenvalue weighted by Crippen LogP contribution is 2.26. The van der Waals surface area contributed by atoms with Gasteiger partial charge in [-0.2, -0.15) is 0 Å². The number of hydrogen-bond acceptors (Lipinski definition) is 3. The van der Waals surface area contributed by atoms with Crippen molar-refractivity contribution < 1.29 is 4.79 Å². The summed E-state index contributed by atoms with van der Waals surface area (Å²) < 4.78 is 0. The zero-order chi connectivity index (χ0) is 14.7. The van der Waals surface area contributed by atoms with Crippen LogP contribution < -0.4 is 16.0 Å². The van der Waals surface area contributed by atoms with Gasteiger partial charge in [-0.05, 0) is 51.4 Å². The van der Waals surface area contributed by atoms with Crippen molar-refractivity contribution in [3.63, 3.8) is 0 Å². The van der Waals surface area contributed by atoms with Crippen molar-refractivity contribution in [3.05, 3.63) is 28.8 Å². The zero-order valence-electron chi connectivity index (χ0n) is 12.0. The maximum atomic E-state index is 11.2. The number of amides is 1. The van der Waals surface area contributed by atoms with Crippen molar-refractivity contribution in [2.45, 2.75) is 38.8 Å².